The molecule has 9 nitrogen and oxygen atoms in total. The summed E-state index contributed by atoms with van der Waals surface area (Å²) in [5.74, 6) is 0.620. The zero-order chi connectivity index (χ0) is 24.0. The normalized spacial score (nSPS) is 25.3. The first-order chi connectivity index (χ1) is 17.1. The van der Waals surface area contributed by atoms with Crippen LogP contribution in [0.25, 0.3) is 0 Å². The minimum atomic E-state index is -0.278. The van der Waals surface area contributed by atoms with Crippen molar-refractivity contribution in [3.05, 3.63) is 17.8 Å². The number of aliphatic hydroxyl groups excluding tert-OH is 1. The molecule has 3 aliphatic heterocycles. The van der Waals surface area contributed by atoms with Gasteiger partial charge in [-0.05, 0) is 38.8 Å². The minimum absolute atomic E-state index is 0.00131. The molecule has 1 unspecified atom stereocenters. The molecule has 4 aliphatic rings. The Kier molecular flexibility index (Phi) is 8.72. The summed E-state index contributed by atoms with van der Waals surface area (Å²) in [6.07, 6.45) is 10.4. The van der Waals surface area contributed by atoms with Crippen LogP contribution in [0.3, 0.4) is 0 Å². The van der Waals surface area contributed by atoms with Crippen LogP contribution >= 0.6 is 0 Å². The number of rotatable bonds is 8. The smallest absolute Gasteiger partial charge is 0.275 e. The Bertz CT molecular complexity index is 791. The van der Waals surface area contributed by atoms with Crippen LogP contribution in [0.5, 0.6) is 0 Å². The van der Waals surface area contributed by atoms with Gasteiger partial charge in [0, 0.05) is 71.5 Å². The van der Waals surface area contributed by atoms with Gasteiger partial charge in [-0.1, -0.05) is 19.3 Å². The maximum Gasteiger partial charge on any atom is 0.275 e. The third-order valence-electron chi connectivity index (χ3n) is 8.42. The van der Waals surface area contributed by atoms with E-state index >= 15 is 0 Å². The second-order valence-corrected chi connectivity index (χ2v) is 11.0. The number of carbonyl (C=O) groups is 1. The van der Waals surface area contributed by atoms with Gasteiger partial charge in [-0.15, -0.1) is 0 Å². The molecule has 196 valence electrons. The molecule has 1 aromatic heterocycles. The molecule has 4 heterocycles. The fourth-order valence-electron chi connectivity index (χ4n) is 6.32. The Morgan fingerprint density at radius 3 is 2.17 bits per heavy atom. The van der Waals surface area contributed by atoms with Crippen molar-refractivity contribution in [2.24, 2.45) is 0 Å². The Labute approximate surface area is 210 Å². The molecule has 9 heteroatoms. The molecular weight excluding hydrogens is 444 g/mol. The van der Waals surface area contributed by atoms with Gasteiger partial charge < -0.3 is 19.3 Å². The van der Waals surface area contributed by atoms with Crippen LogP contribution in [-0.4, -0.2) is 131 Å². The van der Waals surface area contributed by atoms with Gasteiger partial charge in [-0.3, -0.25) is 19.5 Å². The first-order valence-corrected chi connectivity index (χ1v) is 14.0. The number of piperazine rings is 2. The van der Waals surface area contributed by atoms with Gasteiger partial charge in [0.2, 0.25) is 5.89 Å². The second kappa shape index (κ2) is 12.1. The molecule has 1 amide bonds. The van der Waals surface area contributed by atoms with Crippen molar-refractivity contribution >= 4 is 5.91 Å². The predicted molar refractivity (Wildman–Crippen MR) is 134 cm³/mol. The van der Waals surface area contributed by atoms with Gasteiger partial charge >= 0.3 is 0 Å². The third-order valence-corrected chi connectivity index (χ3v) is 8.42. The van der Waals surface area contributed by atoms with E-state index in [1.807, 2.05) is 4.90 Å². The van der Waals surface area contributed by atoms with Crippen molar-refractivity contribution < 1.29 is 14.3 Å². The van der Waals surface area contributed by atoms with Crippen LogP contribution in [-0.2, 0) is 6.54 Å². The van der Waals surface area contributed by atoms with Gasteiger partial charge in [-0.2, -0.15) is 0 Å². The predicted octanol–water partition coefficient (Wildman–Crippen LogP) is 1.34. The van der Waals surface area contributed by atoms with Crippen LogP contribution in [0.4, 0.5) is 0 Å². The highest BCUT2D eigenvalue weighted by atomic mass is 16.3. The van der Waals surface area contributed by atoms with Crippen LogP contribution in [0.2, 0.25) is 0 Å². The molecule has 0 radical (unpaired) electrons. The number of aliphatic hydroxyl groups is 1. The number of likely N-dealkylation sites (tertiary alicyclic amines) is 1. The standard InChI is InChI=1S/C26H44N6O3/c33-23(18-28-8-4-1-5-9-28)19-29-10-12-30(13-11-29)20-25-27-24(21-35-25)26(34)32-16-14-31(15-17-32)22-6-2-3-7-22/h21-23,33H,1-20H2. The van der Waals surface area contributed by atoms with Crippen molar-refractivity contribution in [2.45, 2.75) is 63.6 Å². The summed E-state index contributed by atoms with van der Waals surface area (Å²) in [5.41, 5.74) is 0.439. The highest BCUT2D eigenvalue weighted by Crippen LogP contribution is 2.24. The van der Waals surface area contributed by atoms with Crippen molar-refractivity contribution in [1.29, 1.82) is 0 Å². The Morgan fingerprint density at radius 1 is 0.857 bits per heavy atom. The number of amides is 1. The zero-order valence-corrected chi connectivity index (χ0v) is 21.3. The zero-order valence-electron chi connectivity index (χ0n) is 21.3. The van der Waals surface area contributed by atoms with E-state index in [-0.39, 0.29) is 12.0 Å². The molecule has 1 saturated carbocycles. The quantitative estimate of drug-likeness (QED) is 0.587. The second-order valence-electron chi connectivity index (χ2n) is 11.0. The number of hydrogen-bond donors (Lipinski definition) is 1. The molecule has 1 aromatic rings. The number of hydrogen-bond acceptors (Lipinski definition) is 8. The summed E-state index contributed by atoms with van der Waals surface area (Å²) in [4.78, 5) is 29.1. The van der Waals surface area contributed by atoms with E-state index in [1.165, 1.54) is 51.2 Å². The molecular formula is C26H44N6O3. The Hall–Kier alpha value is -1.52. The lowest BCUT2D eigenvalue weighted by Crippen LogP contribution is -2.51. The highest BCUT2D eigenvalue weighted by Gasteiger charge is 2.29. The van der Waals surface area contributed by atoms with Crippen molar-refractivity contribution in [3.63, 3.8) is 0 Å². The van der Waals surface area contributed by atoms with Crippen LogP contribution in [0, 0.1) is 0 Å². The van der Waals surface area contributed by atoms with Crippen LogP contribution in [0.1, 0.15) is 61.3 Å². The van der Waals surface area contributed by atoms with Gasteiger partial charge in [-0.25, -0.2) is 4.98 Å². The van der Waals surface area contributed by atoms with E-state index in [1.54, 1.807) is 0 Å². The maximum absolute atomic E-state index is 13.0. The van der Waals surface area contributed by atoms with E-state index in [9.17, 15) is 9.90 Å². The van der Waals surface area contributed by atoms with Crippen molar-refractivity contribution in [3.8, 4) is 0 Å². The average molecular weight is 489 g/mol. The van der Waals surface area contributed by atoms with Crippen molar-refractivity contribution in [2.75, 3.05) is 78.5 Å². The fourth-order valence-corrected chi connectivity index (χ4v) is 6.32. The fraction of sp³-hybridized carbons (Fsp3) is 0.846. The highest BCUT2D eigenvalue weighted by molar-refractivity contribution is 5.92. The van der Waals surface area contributed by atoms with Gasteiger partial charge in [0.05, 0.1) is 12.6 Å². The lowest BCUT2D eigenvalue weighted by atomic mass is 10.1. The van der Waals surface area contributed by atoms with E-state index in [0.29, 0.717) is 18.1 Å². The maximum atomic E-state index is 13.0. The lowest BCUT2D eigenvalue weighted by Gasteiger charge is -2.37. The third kappa shape index (κ3) is 6.83. The number of β-amino-alcohol motifs (C(OH)–C–C–N with tert-alkyl or cyclic N) is 1. The van der Waals surface area contributed by atoms with Gasteiger partial charge in [0.1, 0.15) is 6.26 Å². The van der Waals surface area contributed by atoms with E-state index < -0.39 is 0 Å². The van der Waals surface area contributed by atoms with Gasteiger partial charge in [0.25, 0.3) is 5.91 Å². The average Bonchev–Trinajstić information content (AvgIpc) is 3.58. The lowest BCUT2D eigenvalue weighted by molar-refractivity contribution is 0.0433. The molecule has 3 saturated heterocycles. The largest absolute Gasteiger partial charge is 0.447 e. The molecule has 35 heavy (non-hydrogen) atoms. The molecule has 1 N–H and O–H groups in total. The summed E-state index contributed by atoms with van der Waals surface area (Å²) in [6, 6.07) is 0.726. The van der Waals surface area contributed by atoms with E-state index in [0.717, 1.165) is 84.6 Å². The first-order valence-electron chi connectivity index (χ1n) is 14.0. The minimum Gasteiger partial charge on any atom is -0.447 e. The topological polar surface area (TPSA) is 79.5 Å². The summed E-state index contributed by atoms with van der Waals surface area (Å²) >= 11 is 0. The summed E-state index contributed by atoms with van der Waals surface area (Å²) in [6.45, 7) is 11.7. The van der Waals surface area contributed by atoms with E-state index in [2.05, 4.69) is 24.6 Å². The number of piperidine rings is 1. The first kappa shape index (κ1) is 25.1. The SMILES string of the molecule is O=C(c1coc(CN2CCN(CC(O)CN3CCCCC3)CC2)n1)N1CCN(C2CCCC2)CC1. The summed E-state index contributed by atoms with van der Waals surface area (Å²) < 4.78 is 5.69. The Morgan fingerprint density at radius 2 is 1.49 bits per heavy atom. The number of carbonyl (C=O) groups excluding carboxylic acids is 1. The molecule has 1 aliphatic carbocycles. The number of nitrogens with zero attached hydrogens (tertiary/aromatic N) is 6. The summed E-state index contributed by atoms with van der Waals surface area (Å²) in [5, 5.41) is 10.5. The van der Waals surface area contributed by atoms with Crippen molar-refractivity contribution in [1.82, 2.24) is 29.5 Å². The molecule has 4 fully saturated rings. The molecule has 0 bridgehead atoms. The van der Waals surface area contributed by atoms with Crippen LogP contribution in [0.15, 0.2) is 10.7 Å². The Balaban J connectivity index is 1.02. The molecule has 0 aromatic carbocycles. The molecule has 1 atom stereocenters. The number of oxazole rings is 1. The van der Waals surface area contributed by atoms with Gasteiger partial charge in [0.15, 0.2) is 5.69 Å². The van der Waals surface area contributed by atoms with Crippen LogP contribution < -0.4 is 0 Å². The molecule has 0 spiro atoms. The van der Waals surface area contributed by atoms with E-state index in [4.69, 9.17) is 4.42 Å². The molecule has 5 rings (SSSR count). The summed E-state index contributed by atoms with van der Waals surface area (Å²) in [7, 11) is 0. The monoisotopic (exact) mass is 488 g/mol. The number of aromatic nitrogens is 1.